The van der Waals surface area contributed by atoms with Gasteiger partial charge >= 0.3 is 0 Å². The van der Waals surface area contributed by atoms with E-state index in [0.717, 1.165) is 6.42 Å². The minimum Gasteiger partial charge on any atom is -0.368 e. The molecule has 2 amide bonds. The third-order valence-corrected chi connectivity index (χ3v) is 6.02. The van der Waals surface area contributed by atoms with Gasteiger partial charge in [0.05, 0.1) is 0 Å². The van der Waals surface area contributed by atoms with Crippen molar-refractivity contribution >= 4 is 17.5 Å². The molecule has 1 aromatic heterocycles. The van der Waals surface area contributed by atoms with Crippen LogP contribution in [-0.2, 0) is 6.54 Å². The van der Waals surface area contributed by atoms with Crippen LogP contribution in [0.15, 0.2) is 35.4 Å². The van der Waals surface area contributed by atoms with Crippen molar-refractivity contribution in [2.24, 2.45) is 5.92 Å². The van der Waals surface area contributed by atoms with E-state index in [1.54, 1.807) is 21.9 Å². The normalized spacial score (nSPS) is 14.1. The predicted octanol–water partition coefficient (Wildman–Crippen LogP) is 2.83. The Morgan fingerprint density at radius 1 is 1.03 bits per heavy atom. The standard InChI is InChI=1S/C25H34N4O3/c1-17(2)8-9-27-15-20(24(31)26-5)23(30)21(16-27)25(32)29-12-10-28(11-13-29)22-14-18(3)6-7-19(22)4/h6-7,14-17H,8-13H2,1-5H3,(H,26,31). The number of carbonyl (C=O) groups excluding carboxylic acids is 2. The number of anilines is 1. The molecule has 1 aromatic carbocycles. The summed E-state index contributed by atoms with van der Waals surface area (Å²) < 4.78 is 1.80. The van der Waals surface area contributed by atoms with Gasteiger partial charge in [-0.25, -0.2) is 0 Å². The number of carbonyl (C=O) groups is 2. The molecule has 0 aliphatic carbocycles. The van der Waals surface area contributed by atoms with E-state index in [4.69, 9.17) is 0 Å². The topological polar surface area (TPSA) is 74.7 Å². The highest BCUT2D eigenvalue weighted by Gasteiger charge is 2.26. The number of piperazine rings is 1. The Bertz CT molecular complexity index is 1050. The second-order valence-electron chi connectivity index (χ2n) is 8.98. The molecule has 2 heterocycles. The van der Waals surface area contributed by atoms with Gasteiger partial charge in [-0.3, -0.25) is 14.4 Å². The highest BCUT2D eigenvalue weighted by molar-refractivity contribution is 5.99. The van der Waals surface area contributed by atoms with Gasteiger partial charge in [0.15, 0.2) is 0 Å². The zero-order chi connectivity index (χ0) is 23.4. The van der Waals surface area contributed by atoms with Crippen molar-refractivity contribution in [1.29, 1.82) is 0 Å². The predicted molar refractivity (Wildman–Crippen MR) is 128 cm³/mol. The lowest BCUT2D eigenvalue weighted by Crippen LogP contribution is -2.50. The molecule has 1 saturated heterocycles. The van der Waals surface area contributed by atoms with Crippen LogP contribution in [0.25, 0.3) is 0 Å². The average Bonchev–Trinajstić information content (AvgIpc) is 2.79. The van der Waals surface area contributed by atoms with Crippen molar-refractivity contribution in [3.8, 4) is 0 Å². The number of amides is 2. The number of pyridine rings is 1. The fraction of sp³-hybridized carbons (Fsp3) is 0.480. The van der Waals surface area contributed by atoms with Crippen molar-refractivity contribution in [2.75, 3.05) is 38.1 Å². The first-order valence-corrected chi connectivity index (χ1v) is 11.3. The third-order valence-electron chi connectivity index (χ3n) is 6.02. The molecule has 0 atom stereocenters. The van der Waals surface area contributed by atoms with Gasteiger partial charge in [0.1, 0.15) is 11.1 Å². The lowest BCUT2D eigenvalue weighted by molar-refractivity contribution is 0.0744. The summed E-state index contributed by atoms with van der Waals surface area (Å²) in [7, 11) is 1.49. The summed E-state index contributed by atoms with van der Waals surface area (Å²) in [5.41, 5.74) is 3.17. The second-order valence-corrected chi connectivity index (χ2v) is 8.98. The van der Waals surface area contributed by atoms with Crippen LogP contribution in [0.2, 0.25) is 0 Å². The molecule has 0 radical (unpaired) electrons. The molecule has 2 aromatic rings. The molecule has 7 heteroatoms. The summed E-state index contributed by atoms with van der Waals surface area (Å²) >= 11 is 0. The molecule has 1 fully saturated rings. The molecule has 3 rings (SSSR count). The fourth-order valence-corrected chi connectivity index (χ4v) is 4.00. The fourth-order valence-electron chi connectivity index (χ4n) is 4.00. The Morgan fingerprint density at radius 3 is 2.31 bits per heavy atom. The van der Waals surface area contributed by atoms with Crippen LogP contribution in [0.3, 0.4) is 0 Å². The minimum absolute atomic E-state index is 0.0103. The van der Waals surface area contributed by atoms with Gasteiger partial charge in [-0.15, -0.1) is 0 Å². The Kier molecular flexibility index (Phi) is 7.38. The Balaban J connectivity index is 1.82. The number of hydrogen-bond donors (Lipinski definition) is 1. The molecular weight excluding hydrogens is 404 g/mol. The first-order chi connectivity index (χ1) is 15.2. The van der Waals surface area contributed by atoms with E-state index in [9.17, 15) is 14.4 Å². The smallest absolute Gasteiger partial charge is 0.259 e. The van der Waals surface area contributed by atoms with Gasteiger partial charge in [-0.1, -0.05) is 26.0 Å². The number of rotatable bonds is 6. The zero-order valence-electron chi connectivity index (χ0n) is 19.8. The summed E-state index contributed by atoms with van der Waals surface area (Å²) in [4.78, 5) is 42.6. The van der Waals surface area contributed by atoms with Crippen molar-refractivity contribution in [2.45, 2.75) is 40.7 Å². The summed E-state index contributed by atoms with van der Waals surface area (Å²) in [6, 6.07) is 6.39. The van der Waals surface area contributed by atoms with Crippen LogP contribution >= 0.6 is 0 Å². The zero-order valence-corrected chi connectivity index (χ0v) is 19.8. The number of aromatic nitrogens is 1. The highest BCUT2D eigenvalue weighted by Crippen LogP contribution is 2.23. The molecular formula is C25H34N4O3. The van der Waals surface area contributed by atoms with Crippen molar-refractivity contribution < 1.29 is 9.59 Å². The summed E-state index contributed by atoms with van der Waals surface area (Å²) in [5, 5.41) is 2.51. The van der Waals surface area contributed by atoms with Gasteiger partial charge in [-0.05, 0) is 43.4 Å². The second kappa shape index (κ2) is 10.0. The van der Waals surface area contributed by atoms with Gasteiger partial charge < -0.3 is 19.7 Å². The number of benzene rings is 1. The van der Waals surface area contributed by atoms with Crippen LogP contribution in [0.1, 0.15) is 52.1 Å². The first-order valence-electron chi connectivity index (χ1n) is 11.3. The summed E-state index contributed by atoms with van der Waals surface area (Å²) in [6.45, 7) is 11.5. The van der Waals surface area contributed by atoms with Crippen LogP contribution in [0.5, 0.6) is 0 Å². The Labute approximate surface area is 190 Å². The molecule has 0 saturated carbocycles. The molecule has 32 heavy (non-hydrogen) atoms. The molecule has 0 unspecified atom stereocenters. The maximum Gasteiger partial charge on any atom is 0.259 e. The van der Waals surface area contributed by atoms with Gasteiger partial charge in [0, 0.05) is 57.9 Å². The van der Waals surface area contributed by atoms with E-state index in [1.807, 2.05) is 0 Å². The number of nitrogens with one attached hydrogen (secondary N) is 1. The molecule has 0 spiro atoms. The number of aryl methyl sites for hydroxylation is 3. The van der Waals surface area contributed by atoms with E-state index in [0.29, 0.717) is 38.6 Å². The Hall–Kier alpha value is -3.09. The molecule has 7 nitrogen and oxygen atoms in total. The van der Waals surface area contributed by atoms with Crippen LogP contribution in [-0.4, -0.2) is 54.5 Å². The maximum absolute atomic E-state index is 13.3. The van der Waals surface area contributed by atoms with E-state index >= 15 is 0 Å². The molecule has 0 bridgehead atoms. The molecule has 1 aliphatic heterocycles. The number of hydrogen-bond acceptors (Lipinski definition) is 4. The van der Waals surface area contributed by atoms with E-state index < -0.39 is 11.3 Å². The van der Waals surface area contributed by atoms with E-state index in [1.165, 1.54) is 23.9 Å². The molecule has 172 valence electrons. The molecule has 1 aliphatic rings. The Morgan fingerprint density at radius 2 is 1.69 bits per heavy atom. The lowest BCUT2D eigenvalue weighted by Gasteiger charge is -2.37. The van der Waals surface area contributed by atoms with Crippen molar-refractivity contribution in [3.05, 3.63) is 63.1 Å². The SMILES string of the molecule is CNC(=O)c1cn(CCC(C)C)cc(C(=O)N2CCN(c3cc(C)ccc3C)CC2)c1=O. The number of nitrogens with zero attached hydrogens (tertiary/aromatic N) is 3. The minimum atomic E-state index is -0.507. The lowest BCUT2D eigenvalue weighted by atomic mass is 10.1. The van der Waals surface area contributed by atoms with Crippen LogP contribution in [0.4, 0.5) is 5.69 Å². The molecule has 1 N–H and O–H groups in total. The van der Waals surface area contributed by atoms with Gasteiger partial charge in [-0.2, -0.15) is 0 Å². The summed E-state index contributed by atoms with van der Waals surface area (Å²) in [6.07, 6.45) is 4.05. The first kappa shape index (κ1) is 23.6. The monoisotopic (exact) mass is 438 g/mol. The van der Waals surface area contributed by atoms with Crippen LogP contribution in [0, 0.1) is 19.8 Å². The quantitative estimate of drug-likeness (QED) is 0.753. The largest absolute Gasteiger partial charge is 0.368 e. The average molecular weight is 439 g/mol. The third kappa shape index (κ3) is 5.21. The van der Waals surface area contributed by atoms with E-state index in [-0.39, 0.29) is 17.0 Å². The summed E-state index contributed by atoms with van der Waals surface area (Å²) in [5.74, 6) is -0.308. The van der Waals surface area contributed by atoms with Crippen molar-refractivity contribution in [3.63, 3.8) is 0 Å². The van der Waals surface area contributed by atoms with Crippen molar-refractivity contribution in [1.82, 2.24) is 14.8 Å². The maximum atomic E-state index is 13.3. The highest BCUT2D eigenvalue weighted by atomic mass is 16.2. The van der Waals surface area contributed by atoms with Crippen LogP contribution < -0.4 is 15.6 Å². The van der Waals surface area contributed by atoms with Gasteiger partial charge in [0.2, 0.25) is 5.43 Å². The van der Waals surface area contributed by atoms with E-state index in [2.05, 4.69) is 56.1 Å². The van der Waals surface area contributed by atoms with Gasteiger partial charge in [0.25, 0.3) is 11.8 Å².